The van der Waals surface area contributed by atoms with Gasteiger partial charge in [0.25, 0.3) is 6.71 Å². The second-order valence-corrected chi connectivity index (χ2v) is 20.8. The largest absolute Gasteiger partial charge is 0.311 e. The number of hydrogen-bond acceptors (Lipinski definition) is 2. The van der Waals surface area contributed by atoms with E-state index in [2.05, 4.69) is 133 Å². The van der Waals surface area contributed by atoms with Crippen molar-refractivity contribution in [3.8, 4) is 22.3 Å². The van der Waals surface area contributed by atoms with E-state index in [4.69, 9.17) is 8.22 Å². The first kappa shape index (κ1) is 30.3. The predicted molar refractivity (Wildman–Crippen MR) is 266 cm³/mol. The van der Waals surface area contributed by atoms with E-state index in [-0.39, 0.29) is 39.8 Å². The molecule has 0 unspecified atom stereocenters. The fourth-order valence-electron chi connectivity index (χ4n) is 8.94. The first-order chi connectivity index (χ1) is 32.9. The summed E-state index contributed by atoms with van der Waals surface area (Å²) in [6, 6.07) is 27.1. The van der Waals surface area contributed by atoms with Gasteiger partial charge in [0.05, 0.1) is 19.4 Å². The lowest BCUT2D eigenvalue weighted by Gasteiger charge is -2.46. The summed E-state index contributed by atoms with van der Waals surface area (Å²) in [7, 11) is 0. The van der Waals surface area contributed by atoms with Gasteiger partial charge in [0.2, 0.25) is 0 Å². The minimum atomic E-state index is -0.629. The lowest BCUT2D eigenvalue weighted by atomic mass is 9.33. The molecule has 0 amide bonds. The molecule has 7 aromatic rings. The maximum atomic E-state index is 9.55. The first-order valence-corrected chi connectivity index (χ1v) is 21.4. The van der Waals surface area contributed by atoms with Crippen LogP contribution in [0.5, 0.6) is 0 Å². The van der Waals surface area contributed by atoms with Gasteiger partial charge in [-0.3, -0.25) is 0 Å². The van der Waals surface area contributed by atoms with E-state index >= 15 is 0 Å². The predicted octanol–water partition coefficient (Wildman–Crippen LogP) is 14.3. The van der Waals surface area contributed by atoms with Crippen LogP contribution in [-0.4, -0.2) is 6.71 Å². The summed E-state index contributed by atoms with van der Waals surface area (Å²) < 4.78 is 91.5. The molecule has 0 aliphatic carbocycles. The molecule has 2 aliphatic rings. The van der Waals surface area contributed by atoms with Gasteiger partial charge < -0.3 is 9.80 Å². The van der Waals surface area contributed by atoms with Crippen LogP contribution in [0.4, 0.5) is 34.1 Å². The highest BCUT2D eigenvalue weighted by Crippen LogP contribution is 2.52. The second kappa shape index (κ2) is 14.4. The fraction of sp³-hybridized carbons (Fsp3) is 0.276. The number of benzene rings is 7. The van der Waals surface area contributed by atoms with Crippen LogP contribution >= 0.6 is 0 Å². The molecule has 0 fully saturated rings. The molecule has 306 valence electrons. The van der Waals surface area contributed by atoms with Crippen molar-refractivity contribution in [1.82, 2.24) is 0 Å². The van der Waals surface area contributed by atoms with Crippen molar-refractivity contribution >= 4 is 57.2 Å². The molecule has 0 bridgehead atoms. The van der Waals surface area contributed by atoms with Crippen molar-refractivity contribution < 1.29 is 13.7 Å². The van der Waals surface area contributed by atoms with Gasteiger partial charge in [-0.15, -0.1) is 0 Å². The molecule has 0 spiro atoms. The van der Waals surface area contributed by atoms with E-state index in [0.29, 0.717) is 11.3 Å². The van der Waals surface area contributed by atoms with Gasteiger partial charge in [0, 0.05) is 39.6 Å². The Labute approximate surface area is 380 Å². The quantitative estimate of drug-likeness (QED) is 0.164. The van der Waals surface area contributed by atoms with Crippen molar-refractivity contribution in [2.75, 3.05) is 9.80 Å². The minimum absolute atomic E-state index is 0.0631. The van der Waals surface area contributed by atoms with Gasteiger partial charge in [0.15, 0.2) is 0 Å². The third-order valence-electron chi connectivity index (χ3n) is 12.4. The van der Waals surface area contributed by atoms with E-state index in [1.54, 1.807) is 0 Å². The van der Waals surface area contributed by atoms with Gasteiger partial charge in [-0.25, -0.2) is 0 Å². The van der Waals surface area contributed by atoms with Crippen LogP contribution in [0.3, 0.4) is 0 Å². The molecule has 0 atom stereocenters. The lowest BCUT2D eigenvalue weighted by Crippen LogP contribution is -2.61. The number of rotatable bonds is 4. The van der Waals surface area contributed by atoms with Crippen molar-refractivity contribution in [3.05, 3.63) is 174 Å². The average molecular weight is 807 g/mol. The topological polar surface area (TPSA) is 6.48 Å². The zero-order chi connectivity index (χ0) is 51.9. The number of anilines is 6. The molecule has 2 heterocycles. The molecule has 0 N–H and O–H groups in total. The summed E-state index contributed by atoms with van der Waals surface area (Å²) in [5, 5.41) is 0. The molecule has 0 saturated carbocycles. The van der Waals surface area contributed by atoms with Crippen LogP contribution in [0.2, 0.25) is 0 Å². The molecular weight excluding hydrogens is 735 g/mol. The number of hydrogen-bond donors (Lipinski definition) is 0. The Morgan fingerprint density at radius 3 is 1.39 bits per heavy atom. The summed E-state index contributed by atoms with van der Waals surface area (Å²) in [6.07, 6.45) is 0. The van der Waals surface area contributed by atoms with E-state index < -0.39 is 71.3 Å². The van der Waals surface area contributed by atoms with Crippen LogP contribution in [-0.2, 0) is 21.7 Å². The first-order valence-electron chi connectivity index (χ1n) is 26.4. The lowest BCUT2D eigenvalue weighted by molar-refractivity contribution is 0.589. The van der Waals surface area contributed by atoms with Gasteiger partial charge in [-0.2, -0.15) is 0 Å². The summed E-state index contributed by atoms with van der Waals surface area (Å²) in [5.41, 5.74) is 10.9. The number of para-hydroxylation sites is 1. The smallest absolute Gasteiger partial charge is 0.252 e. The SMILES string of the molecule is [2H]c1c([2H])c([2H])c(-c2cc(C(C)(C)C)cc(-c3c([2H])c([2H])c([2H])c([2H])c3[2H])c2N2c3ccccc3B3c4cc(C(C)(C)C)ccc4N(c4ccc(C(C)(C)C)cc4)c4cc(C(C)(C)C)cc2c43)c([2H])c1[2H]. The molecule has 0 saturated heterocycles. The molecule has 3 heteroatoms. The zero-order valence-electron chi connectivity index (χ0n) is 47.6. The van der Waals surface area contributed by atoms with Crippen LogP contribution in [0.15, 0.2) is 151 Å². The molecule has 0 radical (unpaired) electrons. The Bertz CT molecular complexity index is 3220. The number of nitrogens with zero attached hydrogens (tertiary/aromatic N) is 2. The van der Waals surface area contributed by atoms with E-state index in [1.807, 2.05) is 51.1 Å². The van der Waals surface area contributed by atoms with Gasteiger partial charge in [-0.05, 0) is 120 Å². The van der Waals surface area contributed by atoms with E-state index in [1.165, 1.54) is 11.1 Å². The maximum absolute atomic E-state index is 9.55. The molecule has 7 aromatic carbocycles. The fourth-order valence-corrected chi connectivity index (χ4v) is 8.94. The standard InChI is InChI=1S/C58H61BN2/c1-55(2,3)40-27-30-44(31-28-40)60-50-32-29-41(56(4,5)6)35-48(50)59-47-25-19-20-26-49(47)61(52-37-43(58(10,11)12)36-51(60)53(52)59)54-45(38-21-15-13-16-22-38)33-42(57(7,8)9)34-46(54)39-23-17-14-18-24-39/h13-37H,1-12H3/i13D,14D,15D,16D,17D,18D,21D,22D,23D,24D. The Morgan fingerprint density at radius 2 is 0.869 bits per heavy atom. The Hall–Kier alpha value is -5.80. The van der Waals surface area contributed by atoms with Crippen molar-refractivity contribution in [2.24, 2.45) is 0 Å². The van der Waals surface area contributed by atoms with E-state index in [0.717, 1.165) is 50.4 Å². The highest BCUT2D eigenvalue weighted by Gasteiger charge is 2.45. The molecular formula is C58H61BN2. The summed E-state index contributed by atoms with van der Waals surface area (Å²) in [6.45, 7) is 25.4. The van der Waals surface area contributed by atoms with Crippen molar-refractivity contribution in [1.29, 1.82) is 0 Å². The van der Waals surface area contributed by atoms with Gasteiger partial charge in [-0.1, -0.05) is 186 Å². The van der Waals surface area contributed by atoms with Crippen molar-refractivity contribution in [3.63, 3.8) is 0 Å². The molecule has 9 rings (SSSR count). The second-order valence-electron chi connectivity index (χ2n) is 20.8. The van der Waals surface area contributed by atoms with Crippen LogP contribution in [0, 0.1) is 0 Å². The minimum Gasteiger partial charge on any atom is -0.311 e. The summed E-state index contributed by atoms with van der Waals surface area (Å²) in [5.74, 6) is 0. The van der Waals surface area contributed by atoms with Crippen LogP contribution in [0.25, 0.3) is 22.3 Å². The normalized spacial score (nSPS) is 16.1. The number of fused-ring (bicyclic) bond motifs is 4. The Morgan fingerprint density at radius 1 is 0.410 bits per heavy atom. The monoisotopic (exact) mass is 807 g/mol. The molecule has 2 nitrogen and oxygen atoms in total. The van der Waals surface area contributed by atoms with E-state index in [9.17, 15) is 5.48 Å². The molecule has 2 aliphatic heterocycles. The van der Waals surface area contributed by atoms with Crippen LogP contribution < -0.4 is 26.2 Å². The highest BCUT2D eigenvalue weighted by atomic mass is 15.2. The maximum Gasteiger partial charge on any atom is 0.252 e. The van der Waals surface area contributed by atoms with Crippen molar-refractivity contribution in [2.45, 2.75) is 105 Å². The average Bonchev–Trinajstić information content (AvgIpc) is 3.30. The van der Waals surface area contributed by atoms with Gasteiger partial charge >= 0.3 is 0 Å². The third kappa shape index (κ3) is 7.10. The highest BCUT2D eigenvalue weighted by molar-refractivity contribution is 7.00. The third-order valence-corrected chi connectivity index (χ3v) is 12.4. The Balaban J connectivity index is 1.54. The zero-order valence-corrected chi connectivity index (χ0v) is 37.6. The summed E-state index contributed by atoms with van der Waals surface area (Å²) in [4.78, 5) is 4.43. The summed E-state index contributed by atoms with van der Waals surface area (Å²) >= 11 is 0. The molecule has 61 heavy (non-hydrogen) atoms. The molecule has 0 aromatic heterocycles. The Kier molecular flexibility index (Phi) is 7.15. The van der Waals surface area contributed by atoms with Crippen LogP contribution in [0.1, 0.15) is 119 Å². The van der Waals surface area contributed by atoms with Gasteiger partial charge in [0.1, 0.15) is 0 Å².